The van der Waals surface area contributed by atoms with Gasteiger partial charge in [-0.2, -0.15) is 0 Å². The molecule has 1 rings (SSSR count). The molecule has 8 heavy (non-hydrogen) atoms. The summed E-state index contributed by atoms with van der Waals surface area (Å²) in [5.74, 6) is 0. The van der Waals surface area contributed by atoms with Crippen molar-refractivity contribution in [2.75, 3.05) is 19.6 Å². The van der Waals surface area contributed by atoms with E-state index in [9.17, 15) is 0 Å². The second-order valence-corrected chi connectivity index (χ2v) is 1.80. The predicted molar refractivity (Wildman–Crippen MR) is 33.2 cm³/mol. The predicted octanol–water partition coefficient (Wildman–Crippen LogP) is -1.11. The molecule has 0 aromatic carbocycles. The van der Waals surface area contributed by atoms with E-state index in [1.54, 1.807) is 0 Å². The molecule has 1 aliphatic heterocycles. The van der Waals surface area contributed by atoms with Crippen LogP contribution in [0.5, 0.6) is 0 Å². The zero-order valence-corrected chi connectivity index (χ0v) is 4.91. The minimum absolute atomic E-state index is 0.299. The van der Waals surface area contributed by atoms with Crippen molar-refractivity contribution in [1.29, 1.82) is 0 Å². The third-order valence-corrected chi connectivity index (χ3v) is 1.17. The molecule has 1 heterocycles. The fraction of sp³-hybridized carbons (Fsp3) is 0.800. The summed E-state index contributed by atoms with van der Waals surface area (Å²) >= 11 is 0. The lowest BCUT2D eigenvalue weighted by Crippen LogP contribution is -2.44. The van der Waals surface area contributed by atoms with E-state index >= 15 is 0 Å². The maximum atomic E-state index is 3.66. The molecule has 0 amide bonds. The highest BCUT2D eigenvalue weighted by Crippen LogP contribution is 1.77. The summed E-state index contributed by atoms with van der Waals surface area (Å²) in [6.45, 7) is 6.53. The van der Waals surface area contributed by atoms with Crippen LogP contribution in [0.2, 0.25) is 0 Å². The molecule has 1 aliphatic rings. The van der Waals surface area contributed by atoms with Crippen LogP contribution in [0.3, 0.4) is 0 Å². The molecule has 0 unspecified atom stereocenters. The van der Waals surface area contributed by atoms with Crippen molar-refractivity contribution in [3.05, 3.63) is 6.92 Å². The zero-order chi connectivity index (χ0) is 5.82. The molecule has 0 aromatic heterocycles. The summed E-state index contributed by atoms with van der Waals surface area (Å²) in [6.07, 6.45) is 0.299. The fourth-order valence-electron chi connectivity index (χ4n) is 0.794. The van der Waals surface area contributed by atoms with Crippen LogP contribution in [0, 0.1) is 6.92 Å². The summed E-state index contributed by atoms with van der Waals surface area (Å²) in [5, 5.41) is 9.50. The van der Waals surface area contributed by atoms with Crippen LogP contribution in [0.1, 0.15) is 0 Å². The van der Waals surface area contributed by atoms with Gasteiger partial charge in [-0.1, -0.05) is 0 Å². The SMILES string of the molecule is [CH2]CNC1NCCN1. The smallest absolute Gasteiger partial charge is 0.112 e. The van der Waals surface area contributed by atoms with Crippen LogP contribution >= 0.6 is 0 Å². The molecule has 0 aromatic rings. The lowest BCUT2D eigenvalue weighted by molar-refractivity contribution is 0.466. The van der Waals surface area contributed by atoms with Gasteiger partial charge < -0.3 is 0 Å². The Labute approximate surface area is 49.8 Å². The van der Waals surface area contributed by atoms with Gasteiger partial charge >= 0.3 is 0 Å². The Bertz CT molecular complexity index is 58.7. The summed E-state index contributed by atoms with van der Waals surface area (Å²) < 4.78 is 0. The number of rotatable bonds is 2. The lowest BCUT2D eigenvalue weighted by atomic mass is 10.7. The quantitative estimate of drug-likeness (QED) is 0.426. The van der Waals surface area contributed by atoms with Crippen LogP contribution in [0.4, 0.5) is 0 Å². The molecule has 1 fully saturated rings. The number of hydrogen-bond acceptors (Lipinski definition) is 3. The monoisotopic (exact) mass is 114 g/mol. The van der Waals surface area contributed by atoms with Gasteiger partial charge in [0.25, 0.3) is 0 Å². The molecule has 3 N–H and O–H groups in total. The normalized spacial score (nSPS) is 22.1. The van der Waals surface area contributed by atoms with Gasteiger partial charge in [0.1, 0.15) is 6.29 Å². The summed E-state index contributed by atoms with van der Waals surface area (Å²) in [4.78, 5) is 0. The maximum absolute atomic E-state index is 3.66. The minimum atomic E-state index is 0.299. The van der Waals surface area contributed by atoms with E-state index in [2.05, 4.69) is 22.9 Å². The highest BCUT2D eigenvalue weighted by atomic mass is 15.3. The fourth-order valence-corrected chi connectivity index (χ4v) is 0.794. The summed E-state index contributed by atoms with van der Waals surface area (Å²) in [6, 6.07) is 0. The van der Waals surface area contributed by atoms with Crippen LogP contribution in [0.25, 0.3) is 0 Å². The van der Waals surface area contributed by atoms with Crippen molar-refractivity contribution in [2.45, 2.75) is 6.29 Å². The molecular formula is C5H12N3. The van der Waals surface area contributed by atoms with Crippen LogP contribution in [0.15, 0.2) is 0 Å². The third kappa shape index (κ3) is 1.43. The third-order valence-electron chi connectivity index (χ3n) is 1.17. The Kier molecular flexibility index (Phi) is 2.27. The second kappa shape index (κ2) is 3.02. The van der Waals surface area contributed by atoms with Crippen molar-refractivity contribution in [1.82, 2.24) is 16.0 Å². The Balaban J connectivity index is 2.06. The summed E-state index contributed by atoms with van der Waals surface area (Å²) in [5.41, 5.74) is 0. The standard InChI is InChI=1S/C5H12N3/c1-2-6-5-7-3-4-8-5/h5-8H,1-4H2. The van der Waals surface area contributed by atoms with Gasteiger partial charge in [-0.15, -0.1) is 0 Å². The maximum Gasteiger partial charge on any atom is 0.112 e. The largest absolute Gasteiger partial charge is 0.290 e. The Hall–Kier alpha value is -0.120. The van der Waals surface area contributed by atoms with Gasteiger partial charge in [0, 0.05) is 13.1 Å². The Morgan fingerprint density at radius 3 is 2.62 bits per heavy atom. The van der Waals surface area contributed by atoms with E-state index in [0.717, 1.165) is 19.6 Å². The molecule has 3 heteroatoms. The summed E-state index contributed by atoms with van der Waals surface area (Å²) in [7, 11) is 0. The molecule has 1 saturated heterocycles. The van der Waals surface area contributed by atoms with Crippen molar-refractivity contribution in [2.24, 2.45) is 0 Å². The van der Waals surface area contributed by atoms with E-state index in [4.69, 9.17) is 0 Å². The van der Waals surface area contributed by atoms with E-state index in [1.807, 2.05) is 0 Å². The first kappa shape index (κ1) is 6.01. The van der Waals surface area contributed by atoms with E-state index in [-0.39, 0.29) is 0 Å². The van der Waals surface area contributed by atoms with Crippen molar-refractivity contribution < 1.29 is 0 Å². The number of hydrogen-bond donors (Lipinski definition) is 3. The molecular weight excluding hydrogens is 102 g/mol. The zero-order valence-electron chi connectivity index (χ0n) is 4.91. The highest BCUT2D eigenvalue weighted by molar-refractivity contribution is 4.70. The van der Waals surface area contributed by atoms with Crippen molar-refractivity contribution >= 4 is 0 Å². The molecule has 0 bridgehead atoms. The first-order valence-corrected chi connectivity index (χ1v) is 2.93. The van der Waals surface area contributed by atoms with E-state index in [1.165, 1.54) is 0 Å². The van der Waals surface area contributed by atoms with Crippen LogP contribution < -0.4 is 16.0 Å². The first-order valence-electron chi connectivity index (χ1n) is 2.93. The van der Waals surface area contributed by atoms with Crippen LogP contribution in [-0.4, -0.2) is 25.9 Å². The van der Waals surface area contributed by atoms with E-state index < -0.39 is 0 Å². The van der Waals surface area contributed by atoms with Gasteiger partial charge in [-0.3, -0.25) is 16.0 Å². The average Bonchev–Trinajstić information content (AvgIpc) is 2.19. The van der Waals surface area contributed by atoms with Gasteiger partial charge in [0.05, 0.1) is 0 Å². The molecule has 3 nitrogen and oxygen atoms in total. The molecule has 47 valence electrons. The Morgan fingerprint density at radius 1 is 1.50 bits per heavy atom. The number of nitrogens with one attached hydrogen (secondary N) is 3. The topological polar surface area (TPSA) is 36.1 Å². The first-order chi connectivity index (χ1) is 3.93. The molecule has 0 spiro atoms. The van der Waals surface area contributed by atoms with Gasteiger partial charge in [-0.25, -0.2) is 0 Å². The van der Waals surface area contributed by atoms with Gasteiger partial charge in [0.15, 0.2) is 0 Å². The molecule has 1 radical (unpaired) electrons. The second-order valence-electron chi connectivity index (χ2n) is 1.80. The van der Waals surface area contributed by atoms with Gasteiger partial charge in [-0.05, 0) is 13.5 Å². The molecule has 0 aliphatic carbocycles. The Morgan fingerprint density at radius 2 is 2.12 bits per heavy atom. The van der Waals surface area contributed by atoms with Crippen LogP contribution in [-0.2, 0) is 0 Å². The van der Waals surface area contributed by atoms with E-state index in [0.29, 0.717) is 6.29 Å². The minimum Gasteiger partial charge on any atom is -0.290 e. The highest BCUT2D eigenvalue weighted by Gasteiger charge is 2.08. The molecule has 0 atom stereocenters. The van der Waals surface area contributed by atoms with Crippen molar-refractivity contribution in [3.8, 4) is 0 Å². The van der Waals surface area contributed by atoms with Gasteiger partial charge in [0.2, 0.25) is 0 Å². The average molecular weight is 114 g/mol. The lowest BCUT2D eigenvalue weighted by Gasteiger charge is -2.09. The van der Waals surface area contributed by atoms with Crippen molar-refractivity contribution in [3.63, 3.8) is 0 Å². The molecule has 0 saturated carbocycles.